The number of carbonyl (C=O) groups excluding carboxylic acids is 2. The number of H-pyrrole nitrogens is 2. The van der Waals surface area contributed by atoms with Gasteiger partial charge in [-0.2, -0.15) is 5.10 Å². The largest absolute Gasteiger partial charge is 0.326 e. The number of aromatic nitrogens is 4. The van der Waals surface area contributed by atoms with Crippen LogP contribution in [0, 0.1) is 5.92 Å². The predicted octanol–water partition coefficient (Wildman–Crippen LogP) is 3.53. The van der Waals surface area contributed by atoms with Crippen LogP contribution in [-0.2, 0) is 9.59 Å². The lowest BCUT2D eigenvalue weighted by atomic mass is 9.85. The highest BCUT2D eigenvalue weighted by Crippen LogP contribution is 2.34. The lowest BCUT2D eigenvalue weighted by molar-refractivity contribution is -0.121. The summed E-state index contributed by atoms with van der Waals surface area (Å²) in [5.74, 6) is -0.280. The van der Waals surface area contributed by atoms with Crippen LogP contribution in [0.2, 0.25) is 0 Å². The van der Waals surface area contributed by atoms with E-state index in [9.17, 15) is 14.4 Å². The number of rotatable bonds is 4. The van der Waals surface area contributed by atoms with Crippen LogP contribution in [0.3, 0.4) is 0 Å². The van der Waals surface area contributed by atoms with E-state index in [4.69, 9.17) is 0 Å². The molecule has 0 unspecified atom stereocenters. The Morgan fingerprint density at radius 1 is 1.09 bits per heavy atom. The molecule has 1 fully saturated rings. The average Bonchev–Trinajstić information content (AvgIpc) is 3.37. The smallest absolute Gasteiger partial charge is 0.326 e. The molecule has 2 aromatic heterocycles. The van der Waals surface area contributed by atoms with Gasteiger partial charge >= 0.3 is 5.69 Å². The number of nitrogens with one attached hydrogen (secondary N) is 4. The number of hydrogen-bond acceptors (Lipinski definition) is 4. The van der Waals surface area contributed by atoms with Gasteiger partial charge in [-0.15, -0.1) is 0 Å². The molecule has 5 rings (SSSR count). The summed E-state index contributed by atoms with van der Waals surface area (Å²) in [5, 5.41) is 13.6. The first-order valence-electron chi connectivity index (χ1n) is 10.7. The number of amides is 2. The zero-order valence-corrected chi connectivity index (χ0v) is 17.6. The Morgan fingerprint density at radius 3 is 2.69 bits per heavy atom. The van der Waals surface area contributed by atoms with E-state index in [1.165, 1.54) is 6.92 Å². The number of anilines is 2. The minimum atomic E-state index is -0.195. The number of hydrogen-bond donors (Lipinski definition) is 4. The molecule has 0 saturated heterocycles. The SMILES string of the molecule is CC(=O)Nc1cccc2c1[nH]c(=O)n2C1CCC(C(=O)Nc2ccc3[nH]ncc3c2)CC1. The second kappa shape index (κ2) is 7.99. The molecule has 0 aliphatic heterocycles. The van der Waals surface area contributed by atoms with E-state index < -0.39 is 0 Å². The Labute approximate surface area is 183 Å². The van der Waals surface area contributed by atoms with Crippen molar-refractivity contribution < 1.29 is 9.59 Å². The maximum atomic E-state index is 12.8. The maximum Gasteiger partial charge on any atom is 0.326 e. The van der Waals surface area contributed by atoms with E-state index in [1.807, 2.05) is 30.3 Å². The molecule has 2 aromatic carbocycles. The third kappa shape index (κ3) is 3.66. The van der Waals surface area contributed by atoms with Gasteiger partial charge in [0.05, 0.1) is 28.4 Å². The van der Waals surface area contributed by atoms with Crippen molar-refractivity contribution in [3.8, 4) is 0 Å². The van der Waals surface area contributed by atoms with Crippen LogP contribution >= 0.6 is 0 Å². The van der Waals surface area contributed by atoms with E-state index in [0.29, 0.717) is 24.0 Å². The third-order valence-corrected chi connectivity index (χ3v) is 6.20. The Bertz CT molecular complexity index is 1370. The fraction of sp³-hybridized carbons (Fsp3) is 0.304. The van der Waals surface area contributed by atoms with Gasteiger partial charge in [0.1, 0.15) is 0 Å². The average molecular weight is 432 g/mol. The van der Waals surface area contributed by atoms with E-state index in [-0.39, 0.29) is 29.5 Å². The van der Waals surface area contributed by atoms with Crippen LogP contribution in [0.15, 0.2) is 47.4 Å². The number of imidazole rings is 1. The predicted molar refractivity (Wildman–Crippen MR) is 123 cm³/mol. The molecule has 1 saturated carbocycles. The van der Waals surface area contributed by atoms with E-state index in [0.717, 1.165) is 34.9 Å². The standard InChI is InChI=1S/C23H24N6O3/c1-13(30)25-19-3-2-4-20-21(19)27-23(32)29(20)17-8-5-14(6-9-17)22(31)26-16-7-10-18-15(11-16)12-24-28-18/h2-4,7,10-12,14,17H,5-6,8-9H2,1H3,(H,24,28)(H,25,30)(H,26,31)(H,27,32). The van der Waals surface area contributed by atoms with Crippen molar-refractivity contribution in [2.75, 3.05) is 10.6 Å². The normalized spacial score (nSPS) is 18.7. The van der Waals surface area contributed by atoms with Crippen molar-refractivity contribution in [2.45, 2.75) is 38.6 Å². The zero-order chi connectivity index (χ0) is 22.2. The molecule has 32 heavy (non-hydrogen) atoms. The molecular weight excluding hydrogens is 408 g/mol. The van der Waals surface area contributed by atoms with Crippen molar-refractivity contribution in [3.05, 3.63) is 53.1 Å². The second-order valence-corrected chi connectivity index (χ2v) is 8.35. The van der Waals surface area contributed by atoms with Crippen LogP contribution in [0.5, 0.6) is 0 Å². The van der Waals surface area contributed by atoms with Gasteiger partial charge in [-0.1, -0.05) is 6.07 Å². The zero-order valence-electron chi connectivity index (χ0n) is 17.6. The number of benzene rings is 2. The fourth-order valence-electron chi connectivity index (χ4n) is 4.67. The molecule has 0 spiro atoms. The Kier molecular flexibility index (Phi) is 5.01. The molecule has 0 radical (unpaired) electrons. The Hall–Kier alpha value is -3.88. The van der Waals surface area contributed by atoms with Gasteiger partial charge in [0.25, 0.3) is 0 Å². The molecule has 9 nitrogen and oxygen atoms in total. The van der Waals surface area contributed by atoms with Crippen LogP contribution in [0.1, 0.15) is 38.6 Å². The second-order valence-electron chi connectivity index (χ2n) is 8.35. The van der Waals surface area contributed by atoms with Crippen LogP contribution in [0.4, 0.5) is 11.4 Å². The van der Waals surface area contributed by atoms with Crippen molar-refractivity contribution in [1.82, 2.24) is 19.7 Å². The summed E-state index contributed by atoms with van der Waals surface area (Å²) in [6.07, 6.45) is 4.60. The summed E-state index contributed by atoms with van der Waals surface area (Å²) >= 11 is 0. The first kappa shape index (κ1) is 20.0. The third-order valence-electron chi connectivity index (χ3n) is 6.20. The molecule has 9 heteroatoms. The summed E-state index contributed by atoms with van der Waals surface area (Å²) in [6, 6.07) is 11.1. The molecule has 1 aliphatic carbocycles. The lowest BCUT2D eigenvalue weighted by Crippen LogP contribution is -2.31. The molecule has 2 amide bonds. The van der Waals surface area contributed by atoms with Crippen LogP contribution < -0.4 is 16.3 Å². The van der Waals surface area contributed by atoms with Crippen LogP contribution in [-0.4, -0.2) is 31.6 Å². The van der Waals surface area contributed by atoms with Crippen molar-refractivity contribution >= 4 is 45.1 Å². The van der Waals surface area contributed by atoms with Gasteiger partial charge in [-0.25, -0.2) is 4.79 Å². The van der Waals surface area contributed by atoms with Crippen molar-refractivity contribution in [3.63, 3.8) is 0 Å². The van der Waals surface area contributed by atoms with Gasteiger partial charge in [0.2, 0.25) is 11.8 Å². The topological polar surface area (TPSA) is 125 Å². The van der Waals surface area contributed by atoms with E-state index in [2.05, 4.69) is 25.8 Å². The molecule has 164 valence electrons. The van der Waals surface area contributed by atoms with E-state index >= 15 is 0 Å². The number of nitrogens with zero attached hydrogens (tertiary/aromatic N) is 2. The summed E-state index contributed by atoms with van der Waals surface area (Å²) in [4.78, 5) is 39.9. The Balaban J connectivity index is 1.29. The first-order valence-corrected chi connectivity index (χ1v) is 10.7. The Morgan fingerprint density at radius 2 is 1.91 bits per heavy atom. The monoisotopic (exact) mass is 432 g/mol. The molecule has 4 N–H and O–H groups in total. The quantitative estimate of drug-likeness (QED) is 0.394. The van der Waals surface area contributed by atoms with Gasteiger partial charge in [-0.3, -0.25) is 19.3 Å². The van der Waals surface area contributed by atoms with Gasteiger partial charge in [0, 0.05) is 30.0 Å². The maximum absolute atomic E-state index is 12.8. The summed E-state index contributed by atoms with van der Waals surface area (Å²) < 4.78 is 1.77. The van der Waals surface area contributed by atoms with Crippen LogP contribution in [0.25, 0.3) is 21.9 Å². The molecule has 1 aliphatic rings. The highest BCUT2D eigenvalue weighted by molar-refractivity contribution is 5.98. The molecule has 2 heterocycles. The van der Waals surface area contributed by atoms with Crippen molar-refractivity contribution in [1.29, 1.82) is 0 Å². The minimum absolute atomic E-state index is 0.00510. The number of para-hydroxylation sites is 1. The summed E-state index contributed by atoms with van der Waals surface area (Å²) in [7, 11) is 0. The number of fused-ring (bicyclic) bond motifs is 2. The van der Waals surface area contributed by atoms with Crippen molar-refractivity contribution in [2.24, 2.45) is 5.92 Å². The molecule has 0 bridgehead atoms. The highest BCUT2D eigenvalue weighted by Gasteiger charge is 2.29. The number of aromatic amines is 2. The van der Waals surface area contributed by atoms with Gasteiger partial charge in [0.15, 0.2) is 0 Å². The minimum Gasteiger partial charge on any atom is -0.326 e. The molecule has 0 atom stereocenters. The lowest BCUT2D eigenvalue weighted by Gasteiger charge is -2.28. The first-order chi connectivity index (χ1) is 15.5. The number of carbonyl (C=O) groups is 2. The highest BCUT2D eigenvalue weighted by atomic mass is 16.2. The molecular formula is C23H24N6O3. The summed E-state index contributed by atoms with van der Waals surface area (Å²) in [6.45, 7) is 1.44. The van der Waals surface area contributed by atoms with Gasteiger partial charge < -0.3 is 15.6 Å². The fourth-order valence-corrected chi connectivity index (χ4v) is 4.67. The van der Waals surface area contributed by atoms with E-state index in [1.54, 1.807) is 16.8 Å². The summed E-state index contributed by atoms with van der Waals surface area (Å²) in [5.41, 5.74) is 3.47. The molecule has 4 aromatic rings. The van der Waals surface area contributed by atoms with Gasteiger partial charge in [-0.05, 0) is 56.0 Å².